The number of alkyl halides is 3. The fourth-order valence-electron chi connectivity index (χ4n) is 3.18. The van der Waals surface area contributed by atoms with Crippen molar-refractivity contribution in [2.24, 2.45) is 0 Å². The molecular weight excluding hydrogens is 425 g/mol. The second-order valence-electron chi connectivity index (χ2n) is 7.03. The number of hydrogen-bond donors (Lipinski definition) is 2. The van der Waals surface area contributed by atoms with Gasteiger partial charge in [0.15, 0.2) is 0 Å². The van der Waals surface area contributed by atoms with Gasteiger partial charge in [0.1, 0.15) is 23.7 Å². The molecule has 2 aromatic carbocycles. The number of carbonyl (C=O) groups excluding carboxylic acids is 3. The number of hydrogen-bond acceptors (Lipinski definition) is 3. The van der Waals surface area contributed by atoms with Gasteiger partial charge in [-0.05, 0) is 42.3 Å². The molecule has 1 heterocycles. The van der Waals surface area contributed by atoms with E-state index in [2.05, 4.69) is 10.6 Å². The summed E-state index contributed by atoms with van der Waals surface area (Å²) in [5.41, 5.74) is -2.87. The molecule has 0 aliphatic carbocycles. The molecule has 1 aliphatic heterocycles. The predicted molar refractivity (Wildman–Crippen MR) is 97.2 cm³/mol. The van der Waals surface area contributed by atoms with Crippen LogP contribution in [0, 0.1) is 11.6 Å². The number of nitrogens with zero attached hydrogens (tertiary/aromatic N) is 1. The van der Waals surface area contributed by atoms with Crippen molar-refractivity contribution in [3.63, 3.8) is 0 Å². The normalized spacial score (nSPS) is 18.8. The Morgan fingerprint density at radius 2 is 1.68 bits per heavy atom. The highest BCUT2D eigenvalue weighted by Gasteiger charge is 2.49. The molecule has 1 atom stereocenters. The van der Waals surface area contributed by atoms with Gasteiger partial charge in [-0.1, -0.05) is 18.2 Å². The summed E-state index contributed by atoms with van der Waals surface area (Å²) in [5.74, 6) is -3.30. The average molecular weight is 441 g/mol. The molecule has 2 aromatic rings. The van der Waals surface area contributed by atoms with E-state index in [1.54, 1.807) is 0 Å². The van der Waals surface area contributed by atoms with Crippen molar-refractivity contribution in [3.05, 3.63) is 70.8 Å². The Labute approximate surface area is 173 Å². The molecule has 1 aliphatic rings. The molecule has 1 saturated heterocycles. The third kappa shape index (κ3) is 4.49. The largest absolute Gasteiger partial charge is 0.416 e. The van der Waals surface area contributed by atoms with Crippen molar-refractivity contribution in [2.75, 3.05) is 6.54 Å². The summed E-state index contributed by atoms with van der Waals surface area (Å²) in [6, 6.07) is 5.97. The van der Waals surface area contributed by atoms with Gasteiger partial charge in [-0.3, -0.25) is 14.5 Å². The second-order valence-corrected chi connectivity index (χ2v) is 7.03. The Kier molecular flexibility index (Phi) is 5.70. The number of halogens is 5. The second kappa shape index (κ2) is 7.97. The molecule has 31 heavy (non-hydrogen) atoms. The van der Waals surface area contributed by atoms with Crippen LogP contribution in [0.5, 0.6) is 0 Å². The fraction of sp³-hybridized carbons (Fsp3) is 0.250. The molecular formula is C20H16F5N3O3. The first-order valence-corrected chi connectivity index (χ1v) is 8.94. The summed E-state index contributed by atoms with van der Waals surface area (Å²) < 4.78 is 65.5. The van der Waals surface area contributed by atoms with Crippen LogP contribution in [-0.2, 0) is 27.8 Å². The quantitative estimate of drug-likeness (QED) is 0.553. The van der Waals surface area contributed by atoms with Crippen LogP contribution in [0.3, 0.4) is 0 Å². The lowest BCUT2D eigenvalue weighted by Crippen LogP contribution is -2.43. The Morgan fingerprint density at radius 1 is 1.06 bits per heavy atom. The van der Waals surface area contributed by atoms with Crippen molar-refractivity contribution >= 4 is 17.8 Å². The van der Waals surface area contributed by atoms with Crippen molar-refractivity contribution in [1.29, 1.82) is 0 Å². The van der Waals surface area contributed by atoms with Crippen molar-refractivity contribution in [3.8, 4) is 0 Å². The van der Waals surface area contributed by atoms with Crippen molar-refractivity contribution in [2.45, 2.75) is 25.2 Å². The lowest BCUT2D eigenvalue weighted by atomic mass is 9.92. The van der Waals surface area contributed by atoms with Crippen molar-refractivity contribution in [1.82, 2.24) is 15.5 Å². The number of benzene rings is 2. The van der Waals surface area contributed by atoms with Crippen LogP contribution >= 0.6 is 0 Å². The van der Waals surface area contributed by atoms with E-state index in [0.717, 1.165) is 24.3 Å². The molecule has 0 spiro atoms. The Balaban J connectivity index is 1.70. The van der Waals surface area contributed by atoms with E-state index in [-0.39, 0.29) is 11.1 Å². The number of nitrogens with one attached hydrogen (secondary N) is 2. The van der Waals surface area contributed by atoms with E-state index < -0.39 is 59.8 Å². The van der Waals surface area contributed by atoms with E-state index in [0.29, 0.717) is 11.0 Å². The summed E-state index contributed by atoms with van der Waals surface area (Å²) in [4.78, 5) is 37.8. The van der Waals surface area contributed by atoms with Gasteiger partial charge >= 0.3 is 12.2 Å². The molecule has 6 nitrogen and oxygen atoms in total. The number of urea groups is 1. The standard InChI is InChI=1S/C20H16F5N3O3/c1-19(12-3-6-13(21)7-4-12)17(30)28(18(31)27-19)10-16(29)26-9-11-2-5-14(22)8-15(11)20(23,24)25/h2-8H,9-10H2,1H3,(H,26,29)(H,27,31). The third-order valence-electron chi connectivity index (χ3n) is 4.85. The molecule has 0 aromatic heterocycles. The maximum atomic E-state index is 13.2. The number of carbonyl (C=O) groups is 3. The smallest absolute Gasteiger partial charge is 0.350 e. The van der Waals surface area contributed by atoms with Crippen LogP contribution in [0.4, 0.5) is 26.7 Å². The Hall–Kier alpha value is -3.50. The SMILES string of the molecule is CC1(c2ccc(F)cc2)NC(=O)N(CC(=O)NCc2ccc(F)cc2C(F)(F)F)C1=O. The first kappa shape index (κ1) is 22.2. The topological polar surface area (TPSA) is 78.5 Å². The minimum atomic E-state index is -4.83. The zero-order valence-corrected chi connectivity index (χ0v) is 16.0. The predicted octanol–water partition coefficient (Wildman–Crippen LogP) is 3.07. The average Bonchev–Trinajstić information content (AvgIpc) is 2.90. The zero-order chi connectivity index (χ0) is 23.0. The van der Waals surface area contributed by atoms with Gasteiger partial charge < -0.3 is 10.6 Å². The van der Waals surface area contributed by atoms with Crippen LogP contribution in [0.2, 0.25) is 0 Å². The van der Waals surface area contributed by atoms with Gasteiger partial charge in [0.05, 0.1) is 5.56 Å². The number of rotatable bonds is 5. The third-order valence-corrected chi connectivity index (χ3v) is 4.85. The molecule has 1 fully saturated rings. The van der Waals surface area contributed by atoms with E-state index in [1.807, 2.05) is 0 Å². The van der Waals surface area contributed by atoms with Gasteiger partial charge in [0, 0.05) is 6.54 Å². The monoisotopic (exact) mass is 441 g/mol. The Bertz CT molecular complexity index is 1040. The lowest BCUT2D eigenvalue weighted by molar-refractivity contribution is -0.138. The van der Waals surface area contributed by atoms with Crippen LogP contribution in [0.1, 0.15) is 23.6 Å². The molecule has 1 unspecified atom stereocenters. The summed E-state index contributed by atoms with van der Waals surface area (Å²) in [5, 5.41) is 4.61. The maximum absolute atomic E-state index is 13.2. The number of amides is 4. The zero-order valence-electron chi connectivity index (χ0n) is 16.0. The minimum Gasteiger partial charge on any atom is -0.350 e. The molecule has 0 bridgehead atoms. The van der Waals surface area contributed by atoms with Crippen LogP contribution in [-0.4, -0.2) is 29.3 Å². The van der Waals surface area contributed by atoms with Crippen LogP contribution in [0.25, 0.3) is 0 Å². The summed E-state index contributed by atoms with van der Waals surface area (Å²) in [6.07, 6.45) is -4.83. The van der Waals surface area contributed by atoms with Crippen molar-refractivity contribution < 1.29 is 36.3 Å². The van der Waals surface area contributed by atoms with Gasteiger partial charge in [-0.25, -0.2) is 13.6 Å². The highest BCUT2D eigenvalue weighted by atomic mass is 19.4. The molecule has 11 heteroatoms. The highest BCUT2D eigenvalue weighted by molar-refractivity contribution is 6.09. The van der Waals surface area contributed by atoms with Crippen LogP contribution in [0.15, 0.2) is 42.5 Å². The number of imide groups is 1. The maximum Gasteiger partial charge on any atom is 0.416 e. The molecule has 164 valence electrons. The Morgan fingerprint density at radius 3 is 2.29 bits per heavy atom. The minimum absolute atomic E-state index is 0.288. The first-order chi connectivity index (χ1) is 14.4. The molecule has 0 radical (unpaired) electrons. The summed E-state index contributed by atoms with van der Waals surface area (Å²) >= 11 is 0. The van der Waals surface area contributed by atoms with Crippen LogP contribution < -0.4 is 10.6 Å². The molecule has 0 saturated carbocycles. The highest BCUT2D eigenvalue weighted by Crippen LogP contribution is 2.32. The van der Waals surface area contributed by atoms with E-state index >= 15 is 0 Å². The lowest BCUT2D eigenvalue weighted by Gasteiger charge is -2.22. The van der Waals surface area contributed by atoms with Gasteiger partial charge in [-0.2, -0.15) is 13.2 Å². The fourth-order valence-corrected chi connectivity index (χ4v) is 3.18. The van der Waals surface area contributed by atoms with E-state index in [4.69, 9.17) is 0 Å². The molecule has 4 amide bonds. The molecule has 3 rings (SSSR count). The van der Waals surface area contributed by atoms with E-state index in [9.17, 15) is 36.3 Å². The van der Waals surface area contributed by atoms with Gasteiger partial charge in [-0.15, -0.1) is 0 Å². The van der Waals surface area contributed by atoms with Gasteiger partial charge in [0.25, 0.3) is 5.91 Å². The van der Waals surface area contributed by atoms with Gasteiger partial charge in [0.2, 0.25) is 5.91 Å². The molecule has 2 N–H and O–H groups in total. The van der Waals surface area contributed by atoms with E-state index in [1.165, 1.54) is 19.1 Å². The summed E-state index contributed by atoms with van der Waals surface area (Å²) in [7, 11) is 0. The first-order valence-electron chi connectivity index (χ1n) is 8.94. The summed E-state index contributed by atoms with van der Waals surface area (Å²) in [6.45, 7) is 0.0450.